The molecule has 0 bridgehead atoms. The maximum atomic E-state index is 13.4. The van der Waals surface area contributed by atoms with Crippen LogP contribution in [0.15, 0.2) is 64.8 Å². The van der Waals surface area contributed by atoms with Crippen molar-refractivity contribution < 1.29 is 13.5 Å². The number of nitrogens with one attached hydrogen (secondary N) is 1. The van der Waals surface area contributed by atoms with Crippen LogP contribution in [0.2, 0.25) is 0 Å². The zero-order chi connectivity index (χ0) is 23.7. The van der Waals surface area contributed by atoms with Crippen LogP contribution in [0.4, 0.5) is 5.69 Å². The van der Waals surface area contributed by atoms with Crippen LogP contribution >= 0.6 is 22.7 Å². The number of H-pyrrole nitrogens is 1. The molecule has 1 aromatic carbocycles. The summed E-state index contributed by atoms with van der Waals surface area (Å²) in [7, 11) is -3.71. The lowest BCUT2D eigenvalue weighted by Crippen LogP contribution is -2.35. The number of hydrogen-bond acceptors (Lipinski definition) is 7. The summed E-state index contributed by atoms with van der Waals surface area (Å²) in [5.41, 5.74) is 2.20. The van der Waals surface area contributed by atoms with Crippen molar-refractivity contribution in [3.05, 3.63) is 65.5 Å². The van der Waals surface area contributed by atoms with Gasteiger partial charge in [-0.1, -0.05) is 24.3 Å². The van der Waals surface area contributed by atoms with Gasteiger partial charge >= 0.3 is 0 Å². The van der Waals surface area contributed by atoms with Gasteiger partial charge in [-0.3, -0.25) is 9.21 Å². The van der Waals surface area contributed by atoms with Gasteiger partial charge in [0, 0.05) is 36.1 Å². The van der Waals surface area contributed by atoms with E-state index in [1.54, 1.807) is 34.9 Å². The predicted octanol–water partition coefficient (Wildman–Crippen LogP) is 4.69. The smallest absolute Gasteiger partial charge is 0.274 e. The number of nitrogens with zero attached hydrogens (tertiary/aromatic N) is 3. The molecule has 0 aliphatic carbocycles. The Morgan fingerprint density at radius 2 is 2.09 bits per heavy atom. The minimum Gasteiger partial charge on any atom is -0.393 e. The van der Waals surface area contributed by atoms with E-state index in [4.69, 9.17) is 0 Å². The first-order valence-electron chi connectivity index (χ1n) is 11.1. The van der Waals surface area contributed by atoms with Crippen molar-refractivity contribution in [3.8, 4) is 10.7 Å². The van der Waals surface area contributed by atoms with Crippen molar-refractivity contribution in [1.29, 1.82) is 0 Å². The molecule has 1 fully saturated rings. The van der Waals surface area contributed by atoms with Gasteiger partial charge in [-0.05, 0) is 36.4 Å². The van der Waals surface area contributed by atoms with E-state index in [1.165, 1.54) is 20.5 Å². The number of likely N-dealkylation sites (tertiary alicyclic amines) is 1. The summed E-state index contributed by atoms with van der Waals surface area (Å²) >= 11 is 2.83. The number of aliphatic hydroxyl groups excluding tert-OH is 1. The third-order valence-corrected chi connectivity index (χ3v) is 10.1. The maximum Gasteiger partial charge on any atom is 0.274 e. The van der Waals surface area contributed by atoms with Gasteiger partial charge in [-0.25, -0.2) is 13.4 Å². The first-order valence-corrected chi connectivity index (χ1v) is 14.2. The average molecular weight is 515 g/mol. The van der Waals surface area contributed by atoms with Crippen molar-refractivity contribution in [3.63, 3.8) is 0 Å². The molecule has 0 amide bonds. The molecule has 0 saturated carbocycles. The van der Waals surface area contributed by atoms with Crippen molar-refractivity contribution in [2.24, 2.45) is 0 Å². The van der Waals surface area contributed by atoms with E-state index in [2.05, 4.69) is 21.4 Å². The Balaban J connectivity index is 1.46. The second kappa shape index (κ2) is 9.63. The largest absolute Gasteiger partial charge is 0.393 e. The molecular weight excluding hydrogens is 488 g/mol. The molecule has 7 nitrogen and oxygen atoms in total. The van der Waals surface area contributed by atoms with E-state index in [0.717, 1.165) is 54.1 Å². The molecule has 0 radical (unpaired) electrons. The number of hydrogen-bond donors (Lipinski definition) is 2. The Morgan fingerprint density at radius 1 is 1.26 bits per heavy atom. The highest BCUT2D eigenvalue weighted by Gasteiger charge is 2.27. The highest BCUT2D eigenvalue weighted by Crippen LogP contribution is 2.35. The quantitative estimate of drug-likeness (QED) is 0.333. The third-order valence-electron chi connectivity index (χ3n) is 5.96. The number of thiophene rings is 1. The molecule has 178 valence electrons. The summed E-state index contributed by atoms with van der Waals surface area (Å²) in [5.74, 6) is 0. The average Bonchev–Trinajstić information content (AvgIpc) is 3.59. The number of para-hydroxylation sites is 1. The van der Waals surface area contributed by atoms with Crippen LogP contribution in [0.3, 0.4) is 0 Å². The minimum absolute atomic E-state index is 0.166. The molecule has 0 spiro atoms. The Bertz CT molecular complexity index is 1380. The number of piperidine rings is 1. The number of aliphatic hydroxyl groups is 1. The number of aromatic nitrogens is 2. The topological polar surface area (TPSA) is 89.5 Å². The number of rotatable bonds is 8. The van der Waals surface area contributed by atoms with Crippen molar-refractivity contribution >= 4 is 49.3 Å². The first kappa shape index (κ1) is 23.3. The summed E-state index contributed by atoms with van der Waals surface area (Å²) in [6.07, 6.45) is 4.94. The van der Waals surface area contributed by atoms with Gasteiger partial charge in [0.2, 0.25) is 0 Å². The van der Waals surface area contributed by atoms with Gasteiger partial charge in [-0.2, -0.15) is 0 Å². The number of sulfonamides is 1. The monoisotopic (exact) mass is 514 g/mol. The lowest BCUT2D eigenvalue weighted by molar-refractivity contribution is 0.0797. The molecule has 0 unspecified atom stereocenters. The number of fused-ring (bicyclic) bond motifs is 1. The highest BCUT2D eigenvalue weighted by molar-refractivity contribution is 7.94. The standard InChI is InChI=1S/C24H26N4O3S3/c1-2-10-28(34(30,31)22-7-4-13-32-22)21-6-3-5-17-14-20(26-23(17)21)24-25-15-19(33-24)16-27-11-8-18(29)9-12-27/h2-7,13-15,18,26,29H,1,8-12,16H2. The maximum absolute atomic E-state index is 13.4. The molecule has 10 heteroatoms. The molecule has 3 aromatic heterocycles. The van der Waals surface area contributed by atoms with Gasteiger partial charge in [-0.15, -0.1) is 29.3 Å². The summed E-state index contributed by atoms with van der Waals surface area (Å²) in [5, 5.41) is 13.3. The second-order valence-electron chi connectivity index (χ2n) is 8.32. The summed E-state index contributed by atoms with van der Waals surface area (Å²) in [6, 6.07) is 11.0. The minimum atomic E-state index is -3.71. The van der Waals surface area contributed by atoms with Crippen LogP contribution < -0.4 is 4.31 Å². The van der Waals surface area contributed by atoms with E-state index in [0.29, 0.717) is 9.90 Å². The normalized spacial score (nSPS) is 15.7. The van der Waals surface area contributed by atoms with E-state index in [9.17, 15) is 13.5 Å². The highest BCUT2D eigenvalue weighted by atomic mass is 32.2. The van der Waals surface area contributed by atoms with E-state index >= 15 is 0 Å². The Morgan fingerprint density at radius 3 is 2.82 bits per heavy atom. The van der Waals surface area contributed by atoms with Gasteiger partial charge in [0.1, 0.15) is 9.22 Å². The molecule has 1 saturated heterocycles. The zero-order valence-electron chi connectivity index (χ0n) is 18.6. The van der Waals surface area contributed by atoms with E-state index in [-0.39, 0.29) is 12.6 Å². The summed E-state index contributed by atoms with van der Waals surface area (Å²) < 4.78 is 28.4. The Kier molecular flexibility index (Phi) is 6.59. The number of benzene rings is 1. The molecule has 4 aromatic rings. The van der Waals surface area contributed by atoms with Crippen LogP contribution in [-0.2, 0) is 16.6 Å². The van der Waals surface area contributed by atoms with Gasteiger partial charge < -0.3 is 10.1 Å². The fourth-order valence-electron chi connectivity index (χ4n) is 4.23. The molecule has 1 aliphatic rings. The Hall–Kier alpha value is -2.50. The molecule has 4 heterocycles. The SMILES string of the molecule is C=CCN(c1cccc2cc(-c3ncc(CN4CCC(O)CC4)s3)[nH]c12)S(=O)(=O)c1cccs1. The van der Waals surface area contributed by atoms with Crippen LogP contribution in [0.5, 0.6) is 0 Å². The van der Waals surface area contributed by atoms with Crippen molar-refractivity contribution in [2.75, 3.05) is 23.9 Å². The third kappa shape index (κ3) is 4.56. The van der Waals surface area contributed by atoms with E-state index in [1.807, 2.05) is 30.5 Å². The predicted molar refractivity (Wildman–Crippen MR) is 139 cm³/mol. The van der Waals surface area contributed by atoms with Crippen molar-refractivity contribution in [1.82, 2.24) is 14.9 Å². The zero-order valence-corrected chi connectivity index (χ0v) is 21.0. The fraction of sp³-hybridized carbons (Fsp3) is 0.292. The van der Waals surface area contributed by atoms with Gasteiger partial charge in [0.15, 0.2) is 0 Å². The van der Waals surface area contributed by atoms with Crippen LogP contribution in [0.25, 0.3) is 21.6 Å². The molecule has 5 rings (SSSR count). The fourth-order valence-corrected chi connectivity index (χ4v) is 7.71. The second-order valence-corrected chi connectivity index (χ2v) is 12.5. The van der Waals surface area contributed by atoms with Crippen LogP contribution in [0, 0.1) is 0 Å². The Labute approximate surface area is 207 Å². The van der Waals surface area contributed by atoms with Crippen LogP contribution in [-0.4, -0.2) is 54.1 Å². The molecular formula is C24H26N4O3S3. The number of aromatic amines is 1. The van der Waals surface area contributed by atoms with Gasteiger partial charge in [0.05, 0.1) is 29.5 Å². The molecule has 2 N–H and O–H groups in total. The first-order chi connectivity index (χ1) is 16.5. The lowest BCUT2D eigenvalue weighted by atomic mass is 10.1. The number of thiazole rings is 1. The molecule has 0 atom stereocenters. The summed E-state index contributed by atoms with van der Waals surface area (Å²) in [4.78, 5) is 11.6. The van der Waals surface area contributed by atoms with Gasteiger partial charge in [0.25, 0.3) is 10.0 Å². The molecule has 34 heavy (non-hydrogen) atoms. The lowest BCUT2D eigenvalue weighted by Gasteiger charge is -2.28. The van der Waals surface area contributed by atoms with E-state index < -0.39 is 10.0 Å². The number of anilines is 1. The summed E-state index contributed by atoms with van der Waals surface area (Å²) in [6.45, 7) is 6.54. The van der Waals surface area contributed by atoms with Crippen molar-refractivity contribution in [2.45, 2.75) is 29.7 Å². The van der Waals surface area contributed by atoms with Crippen LogP contribution in [0.1, 0.15) is 17.7 Å². The molecule has 1 aliphatic heterocycles.